The zero-order valence-corrected chi connectivity index (χ0v) is 30.2. The van der Waals surface area contributed by atoms with E-state index in [2.05, 4.69) is 27.3 Å². The lowest BCUT2D eigenvalue weighted by atomic mass is 10.2. The van der Waals surface area contributed by atoms with E-state index in [4.69, 9.17) is 52.1 Å². The number of carbonyl (C=O) groups excluding carboxylic acids is 1. The van der Waals surface area contributed by atoms with Gasteiger partial charge in [-0.15, -0.1) is 0 Å². The summed E-state index contributed by atoms with van der Waals surface area (Å²) in [6.07, 6.45) is -0.486. The fourth-order valence-corrected chi connectivity index (χ4v) is 3.66. The van der Waals surface area contributed by atoms with Gasteiger partial charge in [-0.2, -0.15) is 8.78 Å². The highest BCUT2D eigenvalue weighted by Gasteiger charge is 2.28. The number of benzene rings is 1. The van der Waals surface area contributed by atoms with E-state index < -0.39 is 47.2 Å². The molecule has 0 unspecified atom stereocenters. The molecule has 0 aliphatic rings. The second kappa shape index (κ2) is 33.5. The van der Waals surface area contributed by atoms with Crippen molar-refractivity contribution in [3.05, 3.63) is 29.1 Å². The summed E-state index contributed by atoms with van der Waals surface area (Å²) in [5.41, 5.74) is 0. The molecule has 50 heavy (non-hydrogen) atoms. The van der Waals surface area contributed by atoms with Crippen LogP contribution in [-0.4, -0.2) is 156 Å². The van der Waals surface area contributed by atoms with Crippen molar-refractivity contribution >= 4 is 28.6 Å². The van der Waals surface area contributed by atoms with Gasteiger partial charge >= 0.3 is 5.97 Å². The lowest BCUT2D eigenvalue weighted by Crippen LogP contribution is -2.16. The first-order valence-electron chi connectivity index (χ1n) is 16.0. The molecule has 1 aromatic carbocycles. The molecule has 0 aliphatic heterocycles. The first kappa shape index (κ1) is 46.7. The lowest BCUT2D eigenvalue weighted by molar-refractivity contribution is -0.136. The van der Waals surface area contributed by atoms with Crippen LogP contribution in [0, 0.1) is 29.1 Å². The topological polar surface area (TPSA) is 128 Å². The van der Waals surface area contributed by atoms with Crippen molar-refractivity contribution in [2.75, 3.05) is 150 Å². The van der Waals surface area contributed by atoms with Crippen LogP contribution in [0.1, 0.15) is 6.42 Å². The van der Waals surface area contributed by atoms with E-state index in [9.17, 15) is 26.7 Å². The van der Waals surface area contributed by atoms with Crippen LogP contribution in [0.2, 0.25) is 0 Å². The van der Waals surface area contributed by atoms with Gasteiger partial charge < -0.3 is 56.8 Å². The van der Waals surface area contributed by atoms with Crippen LogP contribution in [0.25, 0.3) is 0 Å². The second-order valence-corrected chi connectivity index (χ2v) is 10.6. The molecule has 19 heteroatoms. The average Bonchev–Trinajstić information content (AvgIpc) is 3.11. The average molecular weight is 851 g/mol. The smallest absolute Gasteiger partial charge is 0.313 e. The highest BCUT2D eigenvalue weighted by atomic mass is 127. The Morgan fingerprint density at radius 1 is 0.360 bits per heavy atom. The molecule has 0 amide bonds. The van der Waals surface area contributed by atoms with Crippen molar-refractivity contribution in [1.82, 2.24) is 0 Å². The highest BCUT2D eigenvalue weighted by Crippen LogP contribution is 2.29. The van der Waals surface area contributed by atoms with Crippen molar-refractivity contribution in [2.24, 2.45) is 0 Å². The molecule has 0 N–H and O–H groups in total. The molecule has 0 saturated carbocycles. The molecule has 0 fully saturated rings. The molecule has 0 saturated heterocycles. The number of rotatable bonds is 36. The van der Waals surface area contributed by atoms with Gasteiger partial charge in [0.25, 0.3) is 0 Å². The Morgan fingerprint density at radius 2 is 0.580 bits per heavy atom. The van der Waals surface area contributed by atoms with Gasteiger partial charge in [0.1, 0.15) is 0 Å². The predicted molar refractivity (Wildman–Crippen MR) is 174 cm³/mol. The van der Waals surface area contributed by atoms with Crippen molar-refractivity contribution < 1.29 is 83.6 Å². The fourth-order valence-electron chi connectivity index (χ4n) is 3.35. The van der Waals surface area contributed by atoms with E-state index in [0.29, 0.717) is 112 Å². The molecule has 13 nitrogen and oxygen atoms in total. The number of alkyl halides is 1. The van der Waals surface area contributed by atoms with Crippen molar-refractivity contribution in [3.63, 3.8) is 0 Å². The molecule has 292 valence electrons. The van der Waals surface area contributed by atoms with Crippen molar-refractivity contribution in [2.45, 2.75) is 6.42 Å². The van der Waals surface area contributed by atoms with E-state index in [0.717, 1.165) is 11.0 Å². The maximum absolute atomic E-state index is 13.5. The highest BCUT2D eigenvalue weighted by molar-refractivity contribution is 14.1. The Labute approximate surface area is 302 Å². The van der Waals surface area contributed by atoms with E-state index in [1.807, 2.05) is 0 Å². The maximum Gasteiger partial charge on any atom is 0.313 e. The minimum atomic E-state index is -2.35. The summed E-state index contributed by atoms with van der Waals surface area (Å²) in [4.78, 5) is 11.6. The third-order valence-electron chi connectivity index (χ3n) is 5.78. The summed E-state index contributed by atoms with van der Waals surface area (Å²) in [6, 6.07) is 0. The Morgan fingerprint density at radius 3 is 0.840 bits per heavy atom. The number of hydrogen-bond donors (Lipinski definition) is 0. The van der Waals surface area contributed by atoms with E-state index >= 15 is 0 Å². The summed E-state index contributed by atoms with van der Waals surface area (Å²) >= 11 is 2.26. The molecular weight excluding hydrogens is 802 g/mol. The quantitative estimate of drug-likeness (QED) is 0.0144. The van der Waals surface area contributed by atoms with E-state index in [-0.39, 0.29) is 26.4 Å². The van der Waals surface area contributed by atoms with Crippen molar-refractivity contribution in [1.29, 1.82) is 0 Å². The lowest BCUT2D eigenvalue weighted by Gasteiger charge is -2.09. The third kappa shape index (κ3) is 24.8. The molecule has 0 aromatic heterocycles. The van der Waals surface area contributed by atoms with Gasteiger partial charge in [0, 0.05) is 4.43 Å². The maximum atomic E-state index is 13.5. The molecule has 0 heterocycles. The number of carbonyl (C=O) groups is 1. The Kier molecular flexibility index (Phi) is 31.2. The summed E-state index contributed by atoms with van der Waals surface area (Å²) in [5.74, 6) is -14.1. The van der Waals surface area contributed by atoms with Crippen molar-refractivity contribution in [3.8, 4) is 5.75 Å². The first-order valence-corrected chi connectivity index (χ1v) is 17.6. The normalized spacial score (nSPS) is 11.5. The number of esters is 1. The van der Waals surface area contributed by atoms with Crippen LogP contribution in [-0.2, 0) is 56.9 Å². The van der Waals surface area contributed by atoms with Crippen LogP contribution >= 0.6 is 22.6 Å². The first-order chi connectivity index (χ1) is 24.4. The standard InChI is InChI=1S/C31H48F5IO13/c32-26-27(33)29(35)31(30(36)28(26)34)50-25(38)1-3-39-5-7-41-9-11-43-13-15-45-17-19-47-21-23-49-24-22-48-20-18-46-16-14-44-12-10-42-8-6-40-4-2-37/h1-24H2. The fraction of sp³-hybridized carbons (Fsp3) is 0.774. The summed E-state index contributed by atoms with van der Waals surface area (Å²) in [5, 5.41) is 0. The Bertz CT molecular complexity index is 958. The summed E-state index contributed by atoms with van der Waals surface area (Å²) < 4.78 is 131. The predicted octanol–water partition coefficient (Wildman–Crippen LogP) is 3.30. The molecule has 0 aliphatic carbocycles. The van der Waals surface area contributed by atoms with Gasteiger partial charge in [-0.05, 0) is 0 Å². The number of hydrogen-bond acceptors (Lipinski definition) is 13. The van der Waals surface area contributed by atoms with Crippen LogP contribution in [0.3, 0.4) is 0 Å². The number of ether oxygens (including phenoxy) is 12. The zero-order valence-electron chi connectivity index (χ0n) is 28.0. The minimum absolute atomic E-state index is 0.0814. The monoisotopic (exact) mass is 850 g/mol. The zero-order chi connectivity index (χ0) is 36.5. The van der Waals surface area contributed by atoms with Crippen LogP contribution in [0.5, 0.6) is 5.75 Å². The Balaban J connectivity index is 1.74. The molecule has 1 rings (SSSR count). The van der Waals surface area contributed by atoms with Gasteiger partial charge in [0.15, 0.2) is 0 Å². The third-order valence-corrected chi connectivity index (χ3v) is 6.22. The largest absolute Gasteiger partial charge is 0.420 e. The summed E-state index contributed by atoms with van der Waals surface area (Å²) in [6.45, 7) is 8.88. The van der Waals surface area contributed by atoms with Crippen LogP contribution in [0.15, 0.2) is 0 Å². The van der Waals surface area contributed by atoms with Crippen LogP contribution < -0.4 is 4.74 Å². The van der Waals surface area contributed by atoms with Gasteiger partial charge in [0.2, 0.25) is 34.8 Å². The molecular formula is C31H48F5IO13. The summed E-state index contributed by atoms with van der Waals surface area (Å²) in [7, 11) is 0. The van der Waals surface area contributed by atoms with Gasteiger partial charge in [-0.3, -0.25) is 4.79 Å². The minimum Gasteiger partial charge on any atom is -0.420 e. The van der Waals surface area contributed by atoms with E-state index in [1.165, 1.54) is 0 Å². The molecule has 0 atom stereocenters. The molecule has 0 bridgehead atoms. The van der Waals surface area contributed by atoms with Crippen LogP contribution in [0.4, 0.5) is 22.0 Å². The Hall–Kier alpha value is -1.37. The molecule has 0 spiro atoms. The van der Waals surface area contributed by atoms with Gasteiger partial charge in [-0.25, -0.2) is 13.2 Å². The van der Waals surface area contributed by atoms with Gasteiger partial charge in [0.05, 0.1) is 152 Å². The molecule has 1 aromatic rings. The van der Waals surface area contributed by atoms with Gasteiger partial charge in [-0.1, -0.05) is 22.6 Å². The SMILES string of the molecule is O=C(CCOCCOCCOCCOCCOCCOCCOCCOCCOCCOCCOCCI)Oc1c(F)c(F)c(F)c(F)c1F. The van der Waals surface area contributed by atoms with E-state index in [1.54, 1.807) is 0 Å². The number of halogens is 6. The second-order valence-electron chi connectivity index (χ2n) is 9.55. The molecule has 0 radical (unpaired) electrons.